The summed E-state index contributed by atoms with van der Waals surface area (Å²) in [6.45, 7) is 2.51. The van der Waals surface area contributed by atoms with Crippen LogP contribution in [0.4, 0.5) is 0 Å². The number of aromatic nitrogens is 1. The maximum Gasteiger partial charge on any atom is 0.0532 e. The maximum absolute atomic E-state index is 6.18. The predicted molar refractivity (Wildman–Crippen MR) is 55.9 cm³/mol. The molecule has 0 radical (unpaired) electrons. The van der Waals surface area contributed by atoms with Crippen molar-refractivity contribution in [3.8, 4) is 0 Å². The van der Waals surface area contributed by atoms with Crippen LogP contribution in [0.2, 0.25) is 5.02 Å². The molecule has 3 N–H and O–H groups in total. The third-order valence-electron chi connectivity index (χ3n) is 2.28. The molecule has 0 atom stereocenters. The molecule has 2 nitrogen and oxygen atoms in total. The molecule has 1 heterocycles. The highest BCUT2D eigenvalue weighted by molar-refractivity contribution is 6.36. The largest absolute Gasteiger partial charge is 0.361 e. The Balaban J connectivity index is 2.85. The lowest BCUT2D eigenvalue weighted by Crippen LogP contribution is -1.94. The van der Waals surface area contributed by atoms with Crippen LogP contribution in [0.5, 0.6) is 0 Å². The normalized spacial score (nSPS) is 11.0. The molecule has 0 saturated heterocycles. The highest BCUT2D eigenvalue weighted by atomic mass is 35.5. The van der Waals surface area contributed by atoms with Gasteiger partial charge in [0.1, 0.15) is 0 Å². The Labute approximate surface area is 81.7 Å². The maximum atomic E-state index is 6.18. The molecule has 0 aliphatic heterocycles. The van der Waals surface area contributed by atoms with Gasteiger partial charge in [0.2, 0.25) is 0 Å². The molecule has 0 amide bonds. The lowest BCUT2D eigenvalue weighted by molar-refractivity contribution is 1.08. The van der Waals surface area contributed by atoms with Gasteiger partial charge >= 0.3 is 0 Å². The van der Waals surface area contributed by atoms with Crippen LogP contribution in [0.25, 0.3) is 10.9 Å². The first-order chi connectivity index (χ1) is 6.24. The minimum absolute atomic E-state index is 0.517. The quantitative estimate of drug-likeness (QED) is 0.720. The molecule has 1 aromatic heterocycles. The summed E-state index contributed by atoms with van der Waals surface area (Å²) in [5.41, 5.74) is 8.81. The molecule has 0 fully saturated rings. The summed E-state index contributed by atoms with van der Waals surface area (Å²) in [6.07, 6.45) is 1.91. The molecule has 13 heavy (non-hydrogen) atoms. The minimum Gasteiger partial charge on any atom is -0.361 e. The summed E-state index contributed by atoms with van der Waals surface area (Å²) < 4.78 is 0. The molecule has 0 aliphatic carbocycles. The van der Waals surface area contributed by atoms with E-state index < -0.39 is 0 Å². The fourth-order valence-corrected chi connectivity index (χ4v) is 1.80. The van der Waals surface area contributed by atoms with Crippen LogP contribution in [0.15, 0.2) is 18.3 Å². The third-order valence-corrected chi connectivity index (χ3v) is 2.77. The van der Waals surface area contributed by atoms with Crippen LogP contribution < -0.4 is 5.73 Å². The second kappa shape index (κ2) is 3.05. The zero-order chi connectivity index (χ0) is 9.42. The monoisotopic (exact) mass is 194 g/mol. The first kappa shape index (κ1) is 8.60. The minimum atomic E-state index is 0.517. The molecule has 2 aromatic rings. The van der Waals surface area contributed by atoms with Gasteiger partial charge in [-0.1, -0.05) is 17.7 Å². The summed E-state index contributed by atoms with van der Waals surface area (Å²) in [5, 5.41) is 1.86. The van der Waals surface area contributed by atoms with Crippen LogP contribution >= 0.6 is 11.6 Å². The molecule has 3 heteroatoms. The van der Waals surface area contributed by atoms with Gasteiger partial charge in [-0.25, -0.2) is 0 Å². The third kappa shape index (κ3) is 1.23. The molecule has 1 aromatic carbocycles. The Kier molecular flexibility index (Phi) is 2.02. The van der Waals surface area contributed by atoms with Crippen molar-refractivity contribution >= 4 is 22.5 Å². The molecule has 0 unspecified atom stereocenters. The van der Waals surface area contributed by atoms with Crippen LogP contribution in [-0.2, 0) is 6.54 Å². The molecule has 0 saturated carbocycles. The number of H-pyrrole nitrogens is 1. The van der Waals surface area contributed by atoms with Crippen molar-refractivity contribution in [2.24, 2.45) is 5.73 Å². The summed E-state index contributed by atoms with van der Waals surface area (Å²) in [5.74, 6) is 0. The van der Waals surface area contributed by atoms with Gasteiger partial charge in [0.05, 0.1) is 5.02 Å². The Morgan fingerprint density at radius 2 is 2.23 bits per heavy atom. The second-order valence-corrected chi connectivity index (χ2v) is 3.52. The molecule has 0 spiro atoms. The van der Waals surface area contributed by atoms with Crippen molar-refractivity contribution in [1.82, 2.24) is 4.98 Å². The number of aromatic amines is 1. The van der Waals surface area contributed by atoms with E-state index in [4.69, 9.17) is 17.3 Å². The molecular formula is C10H11ClN2. The van der Waals surface area contributed by atoms with Gasteiger partial charge in [-0.3, -0.25) is 0 Å². The Bertz CT molecular complexity index is 445. The number of halogens is 1. The van der Waals surface area contributed by atoms with Crippen LogP contribution in [-0.4, -0.2) is 4.98 Å². The number of benzene rings is 1. The molecule has 0 bridgehead atoms. The average molecular weight is 195 g/mol. The Hall–Kier alpha value is -0.990. The van der Waals surface area contributed by atoms with E-state index in [9.17, 15) is 0 Å². The van der Waals surface area contributed by atoms with Gasteiger partial charge in [0.25, 0.3) is 0 Å². The van der Waals surface area contributed by atoms with Crippen molar-refractivity contribution in [3.05, 3.63) is 34.5 Å². The Morgan fingerprint density at radius 1 is 1.46 bits per heavy atom. The van der Waals surface area contributed by atoms with Gasteiger partial charge in [-0.2, -0.15) is 0 Å². The number of hydrogen-bond donors (Lipinski definition) is 2. The van der Waals surface area contributed by atoms with Crippen LogP contribution in [0.1, 0.15) is 11.1 Å². The number of rotatable bonds is 1. The average Bonchev–Trinajstić information content (AvgIpc) is 2.55. The summed E-state index contributed by atoms with van der Waals surface area (Å²) in [4.78, 5) is 3.14. The first-order valence-corrected chi connectivity index (χ1v) is 4.57. The predicted octanol–water partition coefficient (Wildman–Crippen LogP) is 2.59. The number of hydrogen-bond acceptors (Lipinski definition) is 1. The fourth-order valence-electron chi connectivity index (χ4n) is 1.51. The highest BCUT2D eigenvalue weighted by Gasteiger charge is 2.07. The summed E-state index contributed by atoms with van der Waals surface area (Å²) in [6, 6.07) is 4.02. The van der Waals surface area contributed by atoms with E-state index in [-0.39, 0.29) is 0 Å². The second-order valence-electron chi connectivity index (χ2n) is 3.14. The van der Waals surface area contributed by atoms with Gasteiger partial charge in [-0.15, -0.1) is 0 Å². The van der Waals surface area contributed by atoms with Crippen molar-refractivity contribution in [3.63, 3.8) is 0 Å². The van der Waals surface area contributed by atoms with Crippen molar-refractivity contribution in [2.75, 3.05) is 0 Å². The van der Waals surface area contributed by atoms with Gasteiger partial charge in [-0.05, 0) is 24.1 Å². The van der Waals surface area contributed by atoms with E-state index in [2.05, 4.69) is 4.98 Å². The molecular weight excluding hydrogens is 184 g/mol. The van der Waals surface area contributed by atoms with Crippen LogP contribution in [0, 0.1) is 6.92 Å². The zero-order valence-electron chi connectivity index (χ0n) is 7.39. The van der Waals surface area contributed by atoms with E-state index in [0.717, 1.165) is 27.1 Å². The standard InChI is InChI=1S/C10H11ClN2/c1-6-2-3-8-9(10(6)11)7(4-12)5-13-8/h2-3,5,13H,4,12H2,1H3. The summed E-state index contributed by atoms with van der Waals surface area (Å²) >= 11 is 6.18. The molecule has 68 valence electrons. The number of aryl methyl sites for hydroxylation is 1. The van der Waals surface area contributed by atoms with E-state index in [0.29, 0.717) is 6.54 Å². The molecule has 2 rings (SSSR count). The highest BCUT2D eigenvalue weighted by Crippen LogP contribution is 2.29. The van der Waals surface area contributed by atoms with E-state index in [1.165, 1.54) is 0 Å². The number of nitrogens with two attached hydrogens (primary N) is 1. The summed E-state index contributed by atoms with van der Waals surface area (Å²) in [7, 11) is 0. The topological polar surface area (TPSA) is 41.8 Å². The van der Waals surface area contributed by atoms with E-state index in [1.54, 1.807) is 0 Å². The number of fused-ring (bicyclic) bond motifs is 1. The van der Waals surface area contributed by atoms with Crippen molar-refractivity contribution in [2.45, 2.75) is 13.5 Å². The van der Waals surface area contributed by atoms with Gasteiger partial charge < -0.3 is 10.7 Å². The zero-order valence-corrected chi connectivity index (χ0v) is 8.15. The number of nitrogens with one attached hydrogen (secondary N) is 1. The molecule has 0 aliphatic rings. The van der Waals surface area contributed by atoms with Crippen molar-refractivity contribution in [1.29, 1.82) is 0 Å². The van der Waals surface area contributed by atoms with Crippen LogP contribution in [0.3, 0.4) is 0 Å². The van der Waals surface area contributed by atoms with E-state index in [1.807, 2.05) is 25.3 Å². The smallest absolute Gasteiger partial charge is 0.0532 e. The lowest BCUT2D eigenvalue weighted by Gasteiger charge is -2.00. The fraction of sp³-hybridized carbons (Fsp3) is 0.200. The van der Waals surface area contributed by atoms with E-state index >= 15 is 0 Å². The lowest BCUT2D eigenvalue weighted by atomic mass is 10.1. The van der Waals surface area contributed by atoms with Gasteiger partial charge in [0, 0.05) is 23.6 Å². The first-order valence-electron chi connectivity index (χ1n) is 4.19. The Morgan fingerprint density at radius 3 is 2.92 bits per heavy atom. The van der Waals surface area contributed by atoms with Crippen molar-refractivity contribution < 1.29 is 0 Å². The SMILES string of the molecule is Cc1ccc2[nH]cc(CN)c2c1Cl. The van der Waals surface area contributed by atoms with Gasteiger partial charge in [0.15, 0.2) is 0 Å².